The molecule has 0 saturated carbocycles. The summed E-state index contributed by atoms with van der Waals surface area (Å²) in [7, 11) is 0. The number of fused-ring (bicyclic) bond motifs is 3. The van der Waals surface area contributed by atoms with Crippen molar-refractivity contribution in [3.8, 4) is 11.1 Å². The zero-order valence-corrected chi connectivity index (χ0v) is 23.5. The first-order chi connectivity index (χ1) is 19.5. The predicted octanol–water partition coefficient (Wildman–Crippen LogP) is 4.05. The zero-order chi connectivity index (χ0) is 29.5. The van der Waals surface area contributed by atoms with Gasteiger partial charge < -0.3 is 21.3 Å². The van der Waals surface area contributed by atoms with Crippen LogP contribution in [0, 0.1) is 5.41 Å². The van der Waals surface area contributed by atoms with E-state index in [4.69, 9.17) is 11.1 Å². The molecular formula is C30H31F2N5O3S. The van der Waals surface area contributed by atoms with Crippen molar-refractivity contribution >= 4 is 34.9 Å². The summed E-state index contributed by atoms with van der Waals surface area (Å²) in [5.41, 5.74) is 8.36. The van der Waals surface area contributed by atoms with Gasteiger partial charge >= 0.3 is 0 Å². The molecule has 4 atom stereocenters. The van der Waals surface area contributed by atoms with E-state index in [1.165, 1.54) is 16.9 Å². The van der Waals surface area contributed by atoms with Crippen LogP contribution < -0.4 is 16.4 Å². The Morgan fingerprint density at radius 3 is 2.59 bits per heavy atom. The van der Waals surface area contributed by atoms with Gasteiger partial charge in [0.25, 0.3) is 5.91 Å². The van der Waals surface area contributed by atoms with E-state index in [0.717, 1.165) is 26.5 Å². The molecule has 214 valence electrons. The minimum absolute atomic E-state index is 0.106. The lowest BCUT2D eigenvalue weighted by atomic mass is 9.98. The molecule has 1 aromatic heterocycles. The Morgan fingerprint density at radius 2 is 1.88 bits per heavy atom. The molecular weight excluding hydrogens is 548 g/mol. The standard InChI is InChI=1S/C30H31F2N5O3S/c1-16-20-5-3-4-6-22(20)23-9-18(7-8-21(16)23)28(39)35-12-26(38)37-15-30(32,14-31)11-24(37)29(40)36-17(2)25-10-19(13-41-25)27(33)34/h3-10,13,16-17,24H,11-12,14-15H2,1-2H3,(H3,33,34)(H,35,39)(H,36,40)/t16?,17-,24+,30+/m1/s1. The van der Waals surface area contributed by atoms with E-state index in [1.807, 2.05) is 24.3 Å². The highest BCUT2D eigenvalue weighted by atomic mass is 32.1. The van der Waals surface area contributed by atoms with Gasteiger partial charge in [0.15, 0.2) is 5.67 Å². The van der Waals surface area contributed by atoms with Crippen LogP contribution in [0.2, 0.25) is 0 Å². The van der Waals surface area contributed by atoms with Crippen LogP contribution in [0.1, 0.15) is 64.2 Å². The number of carbonyl (C=O) groups is 3. The number of halogens is 2. The van der Waals surface area contributed by atoms with Gasteiger partial charge in [0.05, 0.1) is 19.1 Å². The summed E-state index contributed by atoms with van der Waals surface area (Å²) in [5, 5.41) is 14.6. The molecule has 3 aromatic rings. The number of alkyl halides is 2. The summed E-state index contributed by atoms with van der Waals surface area (Å²) in [6.45, 7) is 1.41. The van der Waals surface area contributed by atoms with Gasteiger partial charge in [-0.15, -0.1) is 11.3 Å². The number of thiophene rings is 1. The second-order valence-electron chi connectivity index (χ2n) is 10.7. The van der Waals surface area contributed by atoms with Crippen LogP contribution in [0.5, 0.6) is 0 Å². The van der Waals surface area contributed by atoms with Crippen molar-refractivity contribution in [1.29, 1.82) is 5.41 Å². The van der Waals surface area contributed by atoms with E-state index < -0.39 is 61.7 Å². The molecule has 5 rings (SSSR count). The van der Waals surface area contributed by atoms with Gasteiger partial charge in [-0.05, 0) is 47.4 Å². The molecule has 2 heterocycles. The summed E-state index contributed by atoms with van der Waals surface area (Å²) in [5.74, 6) is -1.70. The highest BCUT2D eigenvalue weighted by Crippen LogP contribution is 2.44. The van der Waals surface area contributed by atoms with Crippen molar-refractivity contribution in [2.75, 3.05) is 19.8 Å². The summed E-state index contributed by atoms with van der Waals surface area (Å²) < 4.78 is 28.7. The Balaban J connectivity index is 1.26. The van der Waals surface area contributed by atoms with Gasteiger partial charge in [-0.2, -0.15) is 0 Å². The fourth-order valence-corrected chi connectivity index (χ4v) is 6.50. The molecule has 0 bridgehead atoms. The smallest absolute Gasteiger partial charge is 0.251 e. The number of hydrogen-bond acceptors (Lipinski definition) is 5. The normalized spacial score (nSPS) is 21.6. The lowest BCUT2D eigenvalue weighted by Gasteiger charge is -2.25. The average molecular weight is 580 g/mol. The number of carbonyl (C=O) groups excluding carboxylic acids is 3. The van der Waals surface area contributed by atoms with E-state index in [0.29, 0.717) is 11.1 Å². The van der Waals surface area contributed by atoms with Crippen molar-refractivity contribution in [2.24, 2.45) is 5.73 Å². The third-order valence-corrected chi connectivity index (χ3v) is 8.98. The van der Waals surface area contributed by atoms with Crippen LogP contribution in [-0.4, -0.2) is 59.9 Å². The first-order valence-electron chi connectivity index (χ1n) is 13.3. The zero-order valence-electron chi connectivity index (χ0n) is 22.7. The van der Waals surface area contributed by atoms with Gasteiger partial charge in [0.2, 0.25) is 11.8 Å². The van der Waals surface area contributed by atoms with E-state index in [1.54, 1.807) is 30.5 Å². The number of nitrogens with zero attached hydrogens (tertiary/aromatic N) is 1. The molecule has 0 spiro atoms. The molecule has 1 saturated heterocycles. The number of amides is 3. The Morgan fingerprint density at radius 1 is 1.15 bits per heavy atom. The Kier molecular flexibility index (Phi) is 7.65. The molecule has 41 heavy (non-hydrogen) atoms. The lowest BCUT2D eigenvalue weighted by Crippen LogP contribution is -2.49. The van der Waals surface area contributed by atoms with Crippen LogP contribution in [0.4, 0.5) is 8.78 Å². The average Bonchev–Trinajstić information content (AvgIpc) is 3.67. The van der Waals surface area contributed by atoms with Gasteiger partial charge in [-0.1, -0.05) is 37.3 Å². The van der Waals surface area contributed by atoms with Crippen LogP contribution in [0.15, 0.2) is 53.9 Å². The first-order valence-corrected chi connectivity index (χ1v) is 14.2. The number of hydrogen-bond donors (Lipinski definition) is 4. The molecule has 1 fully saturated rings. The molecule has 2 aromatic carbocycles. The number of rotatable bonds is 8. The highest BCUT2D eigenvalue weighted by molar-refractivity contribution is 7.10. The highest BCUT2D eigenvalue weighted by Gasteiger charge is 2.49. The topological polar surface area (TPSA) is 128 Å². The molecule has 11 heteroatoms. The van der Waals surface area contributed by atoms with Crippen molar-refractivity contribution in [3.63, 3.8) is 0 Å². The minimum Gasteiger partial charge on any atom is -0.384 e. The SMILES string of the molecule is CC1c2ccccc2-c2cc(C(=O)NCC(=O)N3C[C@@](F)(CF)C[C@H]3C(=O)N[C@H](C)c3cc(C(=N)N)cs3)ccc21. The van der Waals surface area contributed by atoms with Gasteiger partial charge in [-0.3, -0.25) is 19.8 Å². The maximum absolute atomic E-state index is 15.1. The quantitative estimate of drug-likeness (QED) is 0.237. The second-order valence-corrected chi connectivity index (χ2v) is 11.6. The molecule has 5 N–H and O–H groups in total. The number of likely N-dealkylation sites (tertiary alicyclic amines) is 1. The van der Waals surface area contributed by atoms with E-state index in [-0.39, 0.29) is 11.8 Å². The summed E-state index contributed by atoms with van der Waals surface area (Å²) >= 11 is 1.30. The Hall–Kier alpha value is -4.12. The Bertz CT molecular complexity index is 1540. The molecule has 1 aliphatic carbocycles. The molecule has 1 aliphatic heterocycles. The van der Waals surface area contributed by atoms with Crippen molar-refractivity contribution in [3.05, 3.63) is 81.0 Å². The maximum Gasteiger partial charge on any atom is 0.251 e. The van der Waals surface area contributed by atoms with Gasteiger partial charge in [0, 0.05) is 33.7 Å². The monoisotopic (exact) mass is 579 g/mol. The number of nitrogens with one attached hydrogen (secondary N) is 3. The summed E-state index contributed by atoms with van der Waals surface area (Å²) in [6, 6.07) is 13.3. The van der Waals surface area contributed by atoms with Crippen LogP contribution >= 0.6 is 11.3 Å². The van der Waals surface area contributed by atoms with E-state index in [2.05, 4.69) is 23.6 Å². The van der Waals surface area contributed by atoms with E-state index >= 15 is 4.39 Å². The fourth-order valence-electron chi connectivity index (χ4n) is 5.59. The van der Waals surface area contributed by atoms with E-state index in [9.17, 15) is 18.8 Å². The van der Waals surface area contributed by atoms with Crippen LogP contribution in [-0.2, 0) is 9.59 Å². The largest absolute Gasteiger partial charge is 0.384 e. The number of nitrogens with two attached hydrogens (primary N) is 1. The first kappa shape index (κ1) is 28.4. The van der Waals surface area contributed by atoms with Gasteiger partial charge in [-0.25, -0.2) is 8.78 Å². The van der Waals surface area contributed by atoms with Crippen molar-refractivity contribution < 1.29 is 23.2 Å². The van der Waals surface area contributed by atoms with Crippen LogP contribution in [0.25, 0.3) is 11.1 Å². The third kappa shape index (κ3) is 5.46. The van der Waals surface area contributed by atoms with Crippen molar-refractivity contribution in [2.45, 2.75) is 43.9 Å². The molecule has 2 aliphatic rings. The second kappa shape index (κ2) is 11.0. The van der Waals surface area contributed by atoms with Crippen molar-refractivity contribution in [1.82, 2.24) is 15.5 Å². The minimum atomic E-state index is -2.36. The van der Waals surface area contributed by atoms with Gasteiger partial charge in [0.1, 0.15) is 18.6 Å². The number of nitrogen functional groups attached to an aromatic ring is 1. The Labute approximate surface area is 240 Å². The fraction of sp³-hybridized carbons (Fsp3) is 0.333. The molecule has 8 nitrogen and oxygen atoms in total. The number of benzene rings is 2. The lowest BCUT2D eigenvalue weighted by molar-refractivity contribution is -0.138. The molecule has 1 unspecified atom stereocenters. The summed E-state index contributed by atoms with van der Waals surface area (Å²) in [6.07, 6.45) is -0.493. The molecule has 3 amide bonds. The third-order valence-electron chi connectivity index (χ3n) is 7.87. The maximum atomic E-state index is 15.1. The number of amidine groups is 1. The van der Waals surface area contributed by atoms with Crippen LogP contribution in [0.3, 0.4) is 0 Å². The predicted molar refractivity (Wildman–Crippen MR) is 154 cm³/mol. The summed E-state index contributed by atoms with van der Waals surface area (Å²) in [4.78, 5) is 41.0. The molecule has 0 radical (unpaired) electrons.